The first-order valence-corrected chi connectivity index (χ1v) is 8.21. The highest BCUT2D eigenvalue weighted by Gasteiger charge is 2.25. The van der Waals surface area contributed by atoms with Gasteiger partial charge in [0.2, 0.25) is 11.8 Å². The summed E-state index contributed by atoms with van der Waals surface area (Å²) < 4.78 is 5.34. The molecule has 6 nitrogen and oxygen atoms in total. The van der Waals surface area contributed by atoms with Crippen molar-refractivity contribution in [2.24, 2.45) is 0 Å². The third kappa shape index (κ3) is 5.15. The van der Waals surface area contributed by atoms with Gasteiger partial charge in [0, 0.05) is 24.7 Å². The second-order valence-electron chi connectivity index (χ2n) is 6.40. The monoisotopic (exact) mass is 335 g/mol. The average Bonchev–Trinajstić information content (AvgIpc) is 2.46. The van der Waals surface area contributed by atoms with Crippen LogP contribution in [0.5, 0.6) is 5.75 Å². The van der Waals surface area contributed by atoms with E-state index in [4.69, 9.17) is 4.74 Å². The van der Waals surface area contributed by atoms with Crippen molar-refractivity contribution in [3.8, 4) is 5.75 Å². The summed E-state index contributed by atoms with van der Waals surface area (Å²) in [5.74, 6) is 0.484. The maximum Gasteiger partial charge on any atom is 0.245 e. The molecule has 0 aromatic heterocycles. The highest BCUT2D eigenvalue weighted by atomic mass is 16.5. The van der Waals surface area contributed by atoms with Gasteiger partial charge in [-0.3, -0.25) is 9.59 Å². The standard InChI is InChI=1S/C18H29N3O3/c1-11(2)21(12(3)4)18(23)13(5)19-16-10-15(20-14(6)22)8-9-17(16)24-7/h8-13,19H,1-7H3,(H,20,22). The van der Waals surface area contributed by atoms with Crippen molar-refractivity contribution in [1.29, 1.82) is 0 Å². The molecule has 1 rings (SSSR count). The fourth-order valence-corrected chi connectivity index (χ4v) is 2.73. The normalized spacial score (nSPS) is 12.0. The van der Waals surface area contributed by atoms with E-state index in [1.54, 1.807) is 25.3 Å². The number of methoxy groups -OCH3 is 1. The van der Waals surface area contributed by atoms with E-state index in [9.17, 15) is 9.59 Å². The Balaban J connectivity index is 3.01. The molecule has 0 fully saturated rings. The molecule has 24 heavy (non-hydrogen) atoms. The summed E-state index contributed by atoms with van der Waals surface area (Å²) in [5, 5.41) is 5.93. The van der Waals surface area contributed by atoms with Crippen LogP contribution in [0, 0.1) is 0 Å². The molecule has 0 radical (unpaired) electrons. The van der Waals surface area contributed by atoms with Crippen LogP contribution in [0.15, 0.2) is 18.2 Å². The molecule has 0 aliphatic carbocycles. The Hall–Kier alpha value is -2.24. The van der Waals surface area contributed by atoms with Crippen LogP contribution in [0.25, 0.3) is 0 Å². The second kappa shape index (κ2) is 8.57. The summed E-state index contributed by atoms with van der Waals surface area (Å²) in [5.41, 5.74) is 1.31. The first-order valence-electron chi connectivity index (χ1n) is 8.21. The third-order valence-electron chi connectivity index (χ3n) is 3.63. The van der Waals surface area contributed by atoms with Gasteiger partial charge in [-0.15, -0.1) is 0 Å². The van der Waals surface area contributed by atoms with Gasteiger partial charge in [0.05, 0.1) is 12.8 Å². The Labute approximate surface area is 144 Å². The van der Waals surface area contributed by atoms with E-state index in [-0.39, 0.29) is 23.9 Å². The van der Waals surface area contributed by atoms with E-state index in [0.717, 1.165) is 0 Å². The van der Waals surface area contributed by atoms with Crippen molar-refractivity contribution >= 4 is 23.2 Å². The minimum absolute atomic E-state index is 0.0204. The van der Waals surface area contributed by atoms with Gasteiger partial charge in [-0.05, 0) is 52.8 Å². The van der Waals surface area contributed by atoms with Crippen LogP contribution >= 0.6 is 0 Å². The van der Waals surface area contributed by atoms with Gasteiger partial charge < -0.3 is 20.3 Å². The van der Waals surface area contributed by atoms with Gasteiger partial charge in [0.1, 0.15) is 11.8 Å². The molecule has 0 aliphatic rings. The fraction of sp³-hybridized carbons (Fsp3) is 0.556. The lowest BCUT2D eigenvalue weighted by Gasteiger charge is -2.33. The average molecular weight is 335 g/mol. The number of amides is 2. The molecule has 1 aromatic carbocycles. The summed E-state index contributed by atoms with van der Waals surface area (Å²) in [6, 6.07) is 5.10. The number of carbonyl (C=O) groups excluding carboxylic acids is 2. The number of carbonyl (C=O) groups is 2. The maximum absolute atomic E-state index is 12.7. The molecule has 1 unspecified atom stereocenters. The van der Waals surface area contributed by atoms with Crippen molar-refractivity contribution in [1.82, 2.24) is 4.90 Å². The molecule has 1 aromatic rings. The SMILES string of the molecule is COc1ccc(NC(C)=O)cc1NC(C)C(=O)N(C(C)C)C(C)C. The van der Waals surface area contributed by atoms with Crippen LogP contribution in [0.4, 0.5) is 11.4 Å². The lowest BCUT2D eigenvalue weighted by Crippen LogP contribution is -2.48. The molecule has 6 heteroatoms. The first kappa shape index (κ1) is 19.8. The molecule has 0 heterocycles. The van der Waals surface area contributed by atoms with Crippen LogP contribution in [0.3, 0.4) is 0 Å². The summed E-state index contributed by atoms with van der Waals surface area (Å²) in [6.07, 6.45) is 0. The highest BCUT2D eigenvalue weighted by molar-refractivity contribution is 5.90. The number of nitrogens with zero attached hydrogens (tertiary/aromatic N) is 1. The molecule has 1 atom stereocenters. The highest BCUT2D eigenvalue weighted by Crippen LogP contribution is 2.28. The number of hydrogen-bond acceptors (Lipinski definition) is 4. The predicted molar refractivity (Wildman–Crippen MR) is 97.5 cm³/mol. The Kier molecular flexibility index (Phi) is 7.07. The minimum atomic E-state index is -0.420. The molecule has 0 saturated carbocycles. The van der Waals surface area contributed by atoms with Crippen LogP contribution < -0.4 is 15.4 Å². The zero-order valence-corrected chi connectivity index (χ0v) is 15.6. The van der Waals surface area contributed by atoms with Gasteiger partial charge in [-0.2, -0.15) is 0 Å². The maximum atomic E-state index is 12.7. The van der Waals surface area contributed by atoms with E-state index in [1.807, 2.05) is 39.5 Å². The molecular formula is C18H29N3O3. The van der Waals surface area contributed by atoms with Crippen LogP contribution in [0.1, 0.15) is 41.5 Å². The molecule has 0 spiro atoms. The van der Waals surface area contributed by atoms with Crippen LogP contribution in [-0.4, -0.2) is 41.9 Å². The molecule has 2 amide bonds. The summed E-state index contributed by atoms with van der Waals surface area (Å²) in [7, 11) is 1.57. The Morgan fingerprint density at radius 3 is 2.12 bits per heavy atom. The largest absolute Gasteiger partial charge is 0.495 e. The lowest BCUT2D eigenvalue weighted by atomic mass is 10.1. The Morgan fingerprint density at radius 2 is 1.67 bits per heavy atom. The number of anilines is 2. The molecule has 0 bridgehead atoms. The number of benzene rings is 1. The fourth-order valence-electron chi connectivity index (χ4n) is 2.73. The summed E-state index contributed by atoms with van der Waals surface area (Å²) in [6.45, 7) is 11.3. The molecule has 134 valence electrons. The summed E-state index contributed by atoms with van der Waals surface area (Å²) in [4.78, 5) is 25.8. The van der Waals surface area contributed by atoms with Crippen molar-refractivity contribution in [3.63, 3.8) is 0 Å². The quantitative estimate of drug-likeness (QED) is 0.803. The van der Waals surface area contributed by atoms with Gasteiger partial charge in [0.15, 0.2) is 0 Å². The molecular weight excluding hydrogens is 306 g/mol. The van der Waals surface area contributed by atoms with Crippen molar-refractivity contribution in [2.45, 2.75) is 59.7 Å². The van der Waals surface area contributed by atoms with E-state index in [0.29, 0.717) is 17.1 Å². The second-order valence-corrected chi connectivity index (χ2v) is 6.40. The van der Waals surface area contributed by atoms with Crippen molar-refractivity contribution < 1.29 is 14.3 Å². The molecule has 0 saturated heterocycles. The first-order chi connectivity index (χ1) is 11.2. The topological polar surface area (TPSA) is 70.7 Å². The number of nitrogens with one attached hydrogen (secondary N) is 2. The van der Waals surface area contributed by atoms with E-state index in [2.05, 4.69) is 10.6 Å². The number of rotatable bonds is 7. The van der Waals surface area contributed by atoms with Gasteiger partial charge >= 0.3 is 0 Å². The molecule has 2 N–H and O–H groups in total. The predicted octanol–water partition coefficient (Wildman–Crippen LogP) is 3.10. The summed E-state index contributed by atoms with van der Waals surface area (Å²) >= 11 is 0. The third-order valence-corrected chi connectivity index (χ3v) is 3.63. The minimum Gasteiger partial charge on any atom is -0.495 e. The number of hydrogen-bond donors (Lipinski definition) is 2. The Bertz CT molecular complexity index is 577. The van der Waals surface area contributed by atoms with Gasteiger partial charge in [0.25, 0.3) is 0 Å². The lowest BCUT2D eigenvalue weighted by molar-refractivity contribution is -0.135. The zero-order chi connectivity index (χ0) is 18.4. The van der Waals surface area contributed by atoms with Crippen molar-refractivity contribution in [2.75, 3.05) is 17.7 Å². The van der Waals surface area contributed by atoms with E-state index >= 15 is 0 Å². The van der Waals surface area contributed by atoms with Crippen LogP contribution in [-0.2, 0) is 9.59 Å². The van der Waals surface area contributed by atoms with E-state index in [1.165, 1.54) is 6.92 Å². The van der Waals surface area contributed by atoms with Gasteiger partial charge in [-0.25, -0.2) is 0 Å². The molecule has 0 aliphatic heterocycles. The smallest absolute Gasteiger partial charge is 0.245 e. The van der Waals surface area contributed by atoms with Gasteiger partial charge in [-0.1, -0.05) is 0 Å². The zero-order valence-electron chi connectivity index (χ0n) is 15.6. The number of ether oxygens (including phenoxy) is 1. The van der Waals surface area contributed by atoms with E-state index < -0.39 is 6.04 Å². The van der Waals surface area contributed by atoms with Crippen molar-refractivity contribution in [3.05, 3.63) is 18.2 Å². The Morgan fingerprint density at radius 1 is 1.08 bits per heavy atom. The van der Waals surface area contributed by atoms with Crippen LogP contribution in [0.2, 0.25) is 0 Å².